The maximum absolute atomic E-state index is 12.2. The highest BCUT2D eigenvalue weighted by Crippen LogP contribution is 2.30. The minimum absolute atomic E-state index is 0.00568. The molecular weight excluding hydrogens is 300 g/mol. The van der Waals surface area contributed by atoms with Crippen LogP contribution < -0.4 is 5.32 Å². The monoisotopic (exact) mass is 328 g/mol. The molecule has 1 N–H and O–H groups in total. The molecule has 1 saturated carbocycles. The van der Waals surface area contributed by atoms with E-state index in [-0.39, 0.29) is 23.3 Å². The van der Waals surface area contributed by atoms with E-state index >= 15 is 0 Å². The summed E-state index contributed by atoms with van der Waals surface area (Å²) in [5, 5.41) is 3.03. The second kappa shape index (κ2) is 6.58. The van der Waals surface area contributed by atoms with Crippen LogP contribution >= 0.6 is 0 Å². The van der Waals surface area contributed by atoms with Crippen LogP contribution in [-0.2, 0) is 21.4 Å². The third-order valence-electron chi connectivity index (χ3n) is 4.97. The largest absolute Gasteiger partial charge is 0.351 e. The number of nitrogens with one attached hydrogen (secondary N) is 1. The number of hydrogen-bond acceptors (Lipinski definition) is 2. The number of amides is 2. The van der Waals surface area contributed by atoms with E-state index in [1.165, 1.54) is 11.1 Å². The Labute approximate surface area is 144 Å². The fraction of sp³-hybridized carbons (Fsp3) is 0.600. The van der Waals surface area contributed by atoms with Crippen LogP contribution in [0.4, 0.5) is 0 Å². The quantitative estimate of drug-likeness (QED) is 0.903. The van der Waals surface area contributed by atoms with Gasteiger partial charge in [-0.3, -0.25) is 9.59 Å². The molecule has 2 amide bonds. The van der Waals surface area contributed by atoms with Crippen molar-refractivity contribution in [3.05, 3.63) is 35.4 Å². The molecule has 1 aliphatic carbocycles. The average molecular weight is 328 g/mol. The molecule has 130 valence electrons. The molecule has 1 aromatic rings. The van der Waals surface area contributed by atoms with Crippen molar-refractivity contribution in [2.75, 3.05) is 6.54 Å². The van der Waals surface area contributed by atoms with Crippen molar-refractivity contribution in [3.63, 3.8) is 0 Å². The van der Waals surface area contributed by atoms with E-state index in [0.717, 1.165) is 19.3 Å². The van der Waals surface area contributed by atoms with Crippen molar-refractivity contribution in [2.45, 2.75) is 70.4 Å². The molecule has 1 saturated heterocycles. The lowest BCUT2D eigenvalue weighted by Crippen LogP contribution is -2.37. The van der Waals surface area contributed by atoms with Gasteiger partial charge in [0.25, 0.3) is 0 Å². The van der Waals surface area contributed by atoms with Crippen LogP contribution in [0.1, 0.15) is 57.6 Å². The van der Waals surface area contributed by atoms with E-state index in [1.807, 2.05) is 4.90 Å². The number of carbonyl (C=O) groups is 2. The van der Waals surface area contributed by atoms with E-state index < -0.39 is 0 Å². The Balaban J connectivity index is 1.45. The molecule has 0 bridgehead atoms. The molecule has 1 unspecified atom stereocenters. The molecule has 1 aliphatic heterocycles. The molecule has 4 nitrogen and oxygen atoms in total. The van der Waals surface area contributed by atoms with Gasteiger partial charge < -0.3 is 10.2 Å². The van der Waals surface area contributed by atoms with Crippen LogP contribution in [-0.4, -0.2) is 35.3 Å². The average Bonchev–Trinajstić information content (AvgIpc) is 3.29. The van der Waals surface area contributed by atoms with Crippen LogP contribution in [0.25, 0.3) is 0 Å². The van der Waals surface area contributed by atoms with Gasteiger partial charge in [0.05, 0.1) is 6.04 Å². The second-order valence-corrected chi connectivity index (χ2v) is 8.19. The molecule has 3 rings (SSSR count). The van der Waals surface area contributed by atoms with Crippen LogP contribution in [0.15, 0.2) is 24.3 Å². The summed E-state index contributed by atoms with van der Waals surface area (Å²) >= 11 is 0. The highest BCUT2D eigenvalue weighted by molar-refractivity contribution is 5.82. The lowest BCUT2D eigenvalue weighted by Gasteiger charge is -2.19. The van der Waals surface area contributed by atoms with E-state index in [2.05, 4.69) is 50.4 Å². The van der Waals surface area contributed by atoms with Crippen LogP contribution in [0.5, 0.6) is 0 Å². The topological polar surface area (TPSA) is 49.4 Å². The summed E-state index contributed by atoms with van der Waals surface area (Å²) in [6.07, 6.45) is 3.92. The van der Waals surface area contributed by atoms with Crippen LogP contribution in [0, 0.1) is 0 Å². The Morgan fingerprint density at radius 3 is 2.46 bits per heavy atom. The van der Waals surface area contributed by atoms with Gasteiger partial charge in [-0.1, -0.05) is 45.0 Å². The zero-order valence-electron chi connectivity index (χ0n) is 15.0. The van der Waals surface area contributed by atoms with Gasteiger partial charge in [-0.05, 0) is 35.8 Å². The first-order valence-electron chi connectivity index (χ1n) is 9.01. The van der Waals surface area contributed by atoms with Crippen LogP contribution in [0.3, 0.4) is 0 Å². The summed E-state index contributed by atoms with van der Waals surface area (Å²) < 4.78 is 0. The maximum atomic E-state index is 12.2. The Bertz CT molecular complexity index is 612. The maximum Gasteiger partial charge on any atom is 0.225 e. The van der Waals surface area contributed by atoms with Gasteiger partial charge in [0.15, 0.2) is 0 Å². The molecule has 1 atom stereocenters. The summed E-state index contributed by atoms with van der Waals surface area (Å²) in [6.45, 7) is 7.28. The Hall–Kier alpha value is -1.84. The zero-order valence-corrected chi connectivity index (χ0v) is 15.0. The molecule has 2 aliphatic rings. The molecule has 1 heterocycles. The fourth-order valence-corrected chi connectivity index (χ4v) is 3.30. The van der Waals surface area contributed by atoms with E-state index in [0.29, 0.717) is 25.4 Å². The summed E-state index contributed by atoms with van der Waals surface area (Å²) in [7, 11) is 0. The van der Waals surface area contributed by atoms with E-state index in [1.54, 1.807) is 0 Å². The number of likely N-dealkylation sites (tertiary alicyclic amines) is 1. The van der Waals surface area contributed by atoms with Gasteiger partial charge in [0, 0.05) is 25.4 Å². The summed E-state index contributed by atoms with van der Waals surface area (Å²) in [6, 6.07) is 8.96. The van der Waals surface area contributed by atoms with Gasteiger partial charge in [0.2, 0.25) is 11.8 Å². The van der Waals surface area contributed by atoms with Gasteiger partial charge in [-0.25, -0.2) is 0 Å². The molecule has 0 radical (unpaired) electrons. The molecule has 4 heteroatoms. The summed E-state index contributed by atoms with van der Waals surface area (Å²) in [4.78, 5) is 26.0. The molecule has 2 fully saturated rings. The standard InChI is InChI=1S/C20H28N2O2/c1-20(2,3)15-7-4-14(5-8-15)6-11-18(23)21-16-12-19(24)22(13-16)17-9-10-17/h4-5,7-8,16-17H,6,9-13H2,1-3H3,(H,21,23). The van der Waals surface area contributed by atoms with Gasteiger partial charge in [-0.15, -0.1) is 0 Å². The van der Waals surface area contributed by atoms with Gasteiger partial charge >= 0.3 is 0 Å². The number of rotatable bonds is 5. The van der Waals surface area contributed by atoms with Gasteiger partial charge in [0.1, 0.15) is 0 Å². The fourth-order valence-electron chi connectivity index (χ4n) is 3.30. The van der Waals surface area contributed by atoms with E-state index in [4.69, 9.17) is 0 Å². The molecule has 0 aromatic heterocycles. The van der Waals surface area contributed by atoms with E-state index in [9.17, 15) is 9.59 Å². The molecule has 0 spiro atoms. The van der Waals surface area contributed by atoms with Crippen molar-refractivity contribution < 1.29 is 9.59 Å². The molecule has 1 aromatic carbocycles. The number of aryl methyl sites for hydroxylation is 1. The van der Waals surface area contributed by atoms with Gasteiger partial charge in [-0.2, -0.15) is 0 Å². The number of hydrogen-bond donors (Lipinski definition) is 1. The zero-order chi connectivity index (χ0) is 17.3. The van der Waals surface area contributed by atoms with Crippen molar-refractivity contribution in [1.82, 2.24) is 10.2 Å². The Morgan fingerprint density at radius 1 is 1.21 bits per heavy atom. The van der Waals surface area contributed by atoms with Crippen molar-refractivity contribution in [3.8, 4) is 0 Å². The Kier molecular flexibility index (Phi) is 4.66. The normalized spacial score (nSPS) is 21.2. The third kappa shape index (κ3) is 4.16. The molecular formula is C20H28N2O2. The SMILES string of the molecule is CC(C)(C)c1ccc(CCC(=O)NC2CC(=O)N(C3CC3)C2)cc1. The number of nitrogens with zero attached hydrogens (tertiary/aromatic N) is 1. The van der Waals surface area contributed by atoms with Crippen molar-refractivity contribution in [1.29, 1.82) is 0 Å². The summed E-state index contributed by atoms with van der Waals surface area (Å²) in [5.41, 5.74) is 2.64. The first-order valence-corrected chi connectivity index (χ1v) is 9.01. The number of carbonyl (C=O) groups excluding carboxylic acids is 2. The second-order valence-electron chi connectivity index (χ2n) is 8.19. The first kappa shape index (κ1) is 17.0. The van der Waals surface area contributed by atoms with Crippen molar-refractivity contribution in [2.24, 2.45) is 0 Å². The molecule has 24 heavy (non-hydrogen) atoms. The first-order chi connectivity index (χ1) is 11.3. The highest BCUT2D eigenvalue weighted by atomic mass is 16.2. The van der Waals surface area contributed by atoms with Crippen molar-refractivity contribution >= 4 is 11.8 Å². The summed E-state index contributed by atoms with van der Waals surface area (Å²) in [5.74, 6) is 0.242. The highest BCUT2D eigenvalue weighted by Gasteiger charge is 2.39. The predicted molar refractivity (Wildman–Crippen MR) is 94.7 cm³/mol. The number of benzene rings is 1. The minimum Gasteiger partial charge on any atom is -0.351 e. The minimum atomic E-state index is -0.00568. The lowest BCUT2D eigenvalue weighted by molar-refractivity contribution is -0.128. The smallest absolute Gasteiger partial charge is 0.225 e. The van der Waals surface area contributed by atoms with Crippen LogP contribution in [0.2, 0.25) is 0 Å². The third-order valence-corrected chi connectivity index (χ3v) is 4.97. The Morgan fingerprint density at radius 2 is 1.88 bits per heavy atom. The lowest BCUT2D eigenvalue weighted by atomic mass is 9.86. The predicted octanol–water partition coefficient (Wildman–Crippen LogP) is 2.80.